The maximum Gasteiger partial charge on any atom is 0.266 e. The van der Waals surface area contributed by atoms with Gasteiger partial charge in [-0.25, -0.2) is 4.39 Å². The van der Waals surface area contributed by atoms with Gasteiger partial charge >= 0.3 is 0 Å². The van der Waals surface area contributed by atoms with Gasteiger partial charge in [-0.05, 0) is 35.2 Å². The quantitative estimate of drug-likeness (QED) is 0.557. The minimum atomic E-state index is -0.562. The first kappa shape index (κ1) is 17.2. The summed E-state index contributed by atoms with van der Waals surface area (Å²) in [5, 5.41) is 13.9. The number of amides is 1. The van der Waals surface area contributed by atoms with Crippen LogP contribution >= 0.6 is 0 Å². The molecule has 26 heavy (non-hydrogen) atoms. The lowest BCUT2D eigenvalue weighted by Gasteiger charge is -2.08. The summed E-state index contributed by atoms with van der Waals surface area (Å²) in [6.45, 7) is 0. The number of carbonyl (C=O) groups is 1. The molecule has 0 saturated carbocycles. The predicted octanol–water partition coefficient (Wildman–Crippen LogP) is 4.53. The van der Waals surface area contributed by atoms with E-state index in [2.05, 4.69) is 5.32 Å². The van der Waals surface area contributed by atoms with Crippen molar-refractivity contribution in [1.29, 1.82) is 5.26 Å². The Bertz CT molecular complexity index is 1050. The highest BCUT2D eigenvalue weighted by molar-refractivity contribution is 6.12. The first-order valence-electron chi connectivity index (χ1n) is 7.87. The van der Waals surface area contributed by atoms with Crippen LogP contribution in [0.1, 0.15) is 5.56 Å². The summed E-state index contributed by atoms with van der Waals surface area (Å²) in [6.07, 6.45) is 1.34. The zero-order valence-electron chi connectivity index (χ0n) is 14.0. The fraction of sp³-hybridized carbons (Fsp3) is 0.0476. The molecule has 0 bridgehead atoms. The van der Waals surface area contributed by atoms with Crippen LogP contribution in [0.5, 0.6) is 5.75 Å². The van der Waals surface area contributed by atoms with Crippen molar-refractivity contribution >= 4 is 28.4 Å². The first-order valence-corrected chi connectivity index (χ1v) is 7.87. The summed E-state index contributed by atoms with van der Waals surface area (Å²) >= 11 is 0. The number of benzene rings is 3. The van der Waals surface area contributed by atoms with Crippen LogP contribution in [0.15, 0.2) is 66.2 Å². The molecule has 3 aromatic rings. The molecule has 0 aromatic heterocycles. The van der Waals surface area contributed by atoms with Gasteiger partial charge in [0.2, 0.25) is 0 Å². The van der Waals surface area contributed by atoms with E-state index in [4.69, 9.17) is 4.74 Å². The second-order valence-electron chi connectivity index (χ2n) is 5.54. The number of carbonyl (C=O) groups excluding carboxylic acids is 1. The maximum atomic E-state index is 13.8. The summed E-state index contributed by atoms with van der Waals surface area (Å²) in [6, 6.07) is 19.2. The molecule has 0 aliphatic heterocycles. The minimum Gasteiger partial charge on any atom is -0.494 e. The molecule has 0 unspecified atom stereocenters. The fourth-order valence-electron chi connectivity index (χ4n) is 2.61. The van der Waals surface area contributed by atoms with Crippen molar-refractivity contribution in [2.45, 2.75) is 0 Å². The molecule has 128 valence electrons. The molecule has 0 aliphatic rings. The van der Waals surface area contributed by atoms with Gasteiger partial charge in [-0.3, -0.25) is 4.79 Å². The number of halogens is 1. The summed E-state index contributed by atoms with van der Waals surface area (Å²) in [5.74, 6) is -1.02. The largest absolute Gasteiger partial charge is 0.494 e. The van der Waals surface area contributed by atoms with Gasteiger partial charge in [0.25, 0.3) is 5.91 Å². The third-order valence-corrected chi connectivity index (χ3v) is 3.89. The molecule has 0 atom stereocenters. The number of ether oxygens (including phenoxy) is 1. The van der Waals surface area contributed by atoms with Gasteiger partial charge < -0.3 is 10.1 Å². The van der Waals surface area contributed by atoms with Gasteiger partial charge in [-0.2, -0.15) is 5.26 Å². The molecular formula is C21H15FN2O2. The smallest absolute Gasteiger partial charge is 0.266 e. The Morgan fingerprint density at radius 1 is 1.15 bits per heavy atom. The second kappa shape index (κ2) is 7.49. The van der Waals surface area contributed by atoms with Crippen LogP contribution in [-0.2, 0) is 4.79 Å². The van der Waals surface area contributed by atoms with Crippen LogP contribution in [0, 0.1) is 17.1 Å². The number of hydrogen-bond donors (Lipinski definition) is 1. The lowest BCUT2D eigenvalue weighted by atomic mass is 10.1. The highest BCUT2D eigenvalue weighted by Crippen LogP contribution is 2.24. The molecular weight excluding hydrogens is 331 g/mol. The van der Waals surface area contributed by atoms with Gasteiger partial charge in [-0.1, -0.05) is 42.5 Å². The monoisotopic (exact) mass is 346 g/mol. The third-order valence-electron chi connectivity index (χ3n) is 3.89. The van der Waals surface area contributed by atoms with Crippen molar-refractivity contribution in [3.05, 3.63) is 77.6 Å². The molecule has 3 rings (SSSR count). The van der Waals surface area contributed by atoms with Crippen molar-refractivity contribution in [2.24, 2.45) is 0 Å². The third kappa shape index (κ3) is 3.55. The van der Waals surface area contributed by atoms with Gasteiger partial charge in [0, 0.05) is 11.1 Å². The van der Waals surface area contributed by atoms with E-state index in [0.29, 0.717) is 11.3 Å². The summed E-state index contributed by atoms with van der Waals surface area (Å²) < 4.78 is 18.6. The van der Waals surface area contributed by atoms with Crippen molar-refractivity contribution in [3.8, 4) is 11.8 Å². The van der Waals surface area contributed by atoms with Crippen LogP contribution in [0.4, 0.5) is 10.1 Å². The maximum absolute atomic E-state index is 13.8. The van der Waals surface area contributed by atoms with E-state index in [-0.39, 0.29) is 11.3 Å². The minimum absolute atomic E-state index is 0.0980. The highest BCUT2D eigenvalue weighted by Gasteiger charge is 2.12. The molecule has 1 N–H and O–H groups in total. The number of hydrogen-bond acceptors (Lipinski definition) is 3. The van der Waals surface area contributed by atoms with E-state index in [1.54, 1.807) is 12.1 Å². The van der Waals surface area contributed by atoms with E-state index < -0.39 is 11.7 Å². The Balaban J connectivity index is 1.89. The number of nitriles is 1. The van der Waals surface area contributed by atoms with E-state index in [1.807, 2.05) is 42.5 Å². The topological polar surface area (TPSA) is 62.1 Å². The number of rotatable bonds is 4. The first-order chi connectivity index (χ1) is 12.6. The van der Waals surface area contributed by atoms with Crippen molar-refractivity contribution < 1.29 is 13.9 Å². The normalized spacial score (nSPS) is 11.0. The van der Waals surface area contributed by atoms with Crippen LogP contribution in [0.25, 0.3) is 16.8 Å². The van der Waals surface area contributed by atoms with E-state index >= 15 is 0 Å². The predicted molar refractivity (Wildman–Crippen MR) is 99.1 cm³/mol. The molecule has 0 aliphatic carbocycles. The van der Waals surface area contributed by atoms with E-state index in [0.717, 1.165) is 10.8 Å². The Morgan fingerprint density at radius 2 is 1.92 bits per heavy atom. The molecule has 5 heteroatoms. The van der Waals surface area contributed by atoms with Crippen LogP contribution in [0.2, 0.25) is 0 Å². The number of anilines is 1. The standard InChI is InChI=1S/C21H15FN2O2/c1-26-20-10-9-14(12-18(20)22)11-16(13-23)21(25)24-19-8-4-6-15-5-2-3-7-17(15)19/h2-12H,1H3,(H,24,25)/b16-11+. The lowest BCUT2D eigenvalue weighted by Crippen LogP contribution is -2.13. The summed E-state index contributed by atoms with van der Waals surface area (Å²) in [4.78, 5) is 12.5. The Hall–Kier alpha value is -3.65. The van der Waals surface area contributed by atoms with Crippen molar-refractivity contribution in [3.63, 3.8) is 0 Å². The van der Waals surface area contributed by atoms with Gasteiger partial charge in [0.05, 0.1) is 7.11 Å². The van der Waals surface area contributed by atoms with Gasteiger partial charge in [-0.15, -0.1) is 0 Å². The number of nitrogens with one attached hydrogen (secondary N) is 1. The average molecular weight is 346 g/mol. The number of methoxy groups -OCH3 is 1. The van der Waals surface area contributed by atoms with Crippen LogP contribution < -0.4 is 10.1 Å². The SMILES string of the molecule is COc1ccc(/C=C(\C#N)C(=O)Nc2cccc3ccccc23)cc1F. The van der Waals surface area contributed by atoms with E-state index in [1.165, 1.54) is 25.3 Å². The fourth-order valence-corrected chi connectivity index (χ4v) is 2.61. The Morgan fingerprint density at radius 3 is 2.65 bits per heavy atom. The molecule has 1 amide bonds. The molecule has 4 nitrogen and oxygen atoms in total. The molecule has 0 fully saturated rings. The molecule has 3 aromatic carbocycles. The molecule has 0 radical (unpaired) electrons. The molecule has 0 spiro atoms. The Kier molecular flexibility index (Phi) is 4.95. The zero-order chi connectivity index (χ0) is 18.5. The van der Waals surface area contributed by atoms with Crippen LogP contribution in [-0.4, -0.2) is 13.0 Å². The highest BCUT2D eigenvalue weighted by atomic mass is 19.1. The summed E-state index contributed by atoms with van der Waals surface area (Å²) in [7, 11) is 1.37. The van der Waals surface area contributed by atoms with E-state index in [9.17, 15) is 14.4 Å². The second-order valence-corrected chi connectivity index (χ2v) is 5.54. The van der Waals surface area contributed by atoms with Crippen molar-refractivity contribution in [2.75, 3.05) is 12.4 Å². The average Bonchev–Trinajstić information content (AvgIpc) is 2.66. The number of nitrogens with zero attached hydrogens (tertiary/aromatic N) is 1. The van der Waals surface area contributed by atoms with Crippen LogP contribution in [0.3, 0.4) is 0 Å². The van der Waals surface area contributed by atoms with Gasteiger partial charge in [0.1, 0.15) is 11.6 Å². The number of fused-ring (bicyclic) bond motifs is 1. The summed E-state index contributed by atoms with van der Waals surface area (Å²) in [5.41, 5.74) is 0.880. The zero-order valence-corrected chi connectivity index (χ0v) is 14.0. The lowest BCUT2D eigenvalue weighted by molar-refractivity contribution is -0.112. The molecule has 0 saturated heterocycles. The van der Waals surface area contributed by atoms with Gasteiger partial charge in [0.15, 0.2) is 11.6 Å². The molecule has 0 heterocycles. The van der Waals surface area contributed by atoms with Crippen molar-refractivity contribution in [1.82, 2.24) is 0 Å². The Labute approximate surface area is 150 Å².